The average Bonchev–Trinajstić information content (AvgIpc) is 3.21. The van der Waals surface area contributed by atoms with E-state index in [1.54, 1.807) is 24.3 Å². The third kappa shape index (κ3) is 6.50. The van der Waals surface area contributed by atoms with Gasteiger partial charge in [0.25, 0.3) is 5.91 Å². The van der Waals surface area contributed by atoms with Crippen LogP contribution in [-0.2, 0) is 13.1 Å². The van der Waals surface area contributed by atoms with Gasteiger partial charge in [0.1, 0.15) is 5.82 Å². The first-order chi connectivity index (χ1) is 16.9. The Morgan fingerprint density at radius 3 is 2.31 bits per heavy atom. The van der Waals surface area contributed by atoms with E-state index < -0.39 is 5.91 Å². The molecule has 186 valence electrons. The molecule has 0 fully saturated rings. The van der Waals surface area contributed by atoms with E-state index in [2.05, 4.69) is 27.6 Å². The van der Waals surface area contributed by atoms with E-state index in [1.807, 2.05) is 17.8 Å². The molecule has 9 nitrogen and oxygen atoms in total. The van der Waals surface area contributed by atoms with Crippen LogP contribution in [0.4, 0.5) is 10.1 Å². The number of benzene rings is 2. The van der Waals surface area contributed by atoms with Crippen molar-refractivity contribution in [3.05, 3.63) is 65.2 Å². The highest BCUT2D eigenvalue weighted by Gasteiger charge is 2.18. The molecule has 10 heteroatoms. The Morgan fingerprint density at radius 2 is 1.74 bits per heavy atom. The van der Waals surface area contributed by atoms with Crippen LogP contribution in [0.2, 0.25) is 0 Å². The molecule has 0 radical (unpaired) electrons. The number of carbonyl (C=O) groups is 1. The molecule has 0 aliphatic heterocycles. The van der Waals surface area contributed by atoms with Crippen LogP contribution < -0.4 is 24.8 Å². The summed E-state index contributed by atoms with van der Waals surface area (Å²) >= 11 is 0. The van der Waals surface area contributed by atoms with Gasteiger partial charge in [0.2, 0.25) is 11.7 Å². The standard InChI is InChI=1S/C25H30FN5O4/c1-6-11-31-15-18(16(2)30-31)14-27-25(28-20-9-7-19(26)8-10-20)29-24(32)17-12-21(33-3)23(35-5)22(13-17)34-4/h7-10,12-13,15H,6,11,14H2,1-5H3,(H2,27,28,29,32). The molecule has 1 aromatic heterocycles. The second-order valence-corrected chi connectivity index (χ2v) is 7.67. The molecule has 35 heavy (non-hydrogen) atoms. The normalized spacial score (nSPS) is 11.2. The number of amides is 1. The van der Waals surface area contributed by atoms with Crippen molar-refractivity contribution in [2.24, 2.45) is 4.99 Å². The molecular formula is C25H30FN5O4. The van der Waals surface area contributed by atoms with Crippen LogP contribution in [0.5, 0.6) is 17.2 Å². The van der Waals surface area contributed by atoms with Gasteiger partial charge >= 0.3 is 0 Å². The first-order valence-electron chi connectivity index (χ1n) is 11.1. The molecular weight excluding hydrogens is 453 g/mol. The lowest BCUT2D eigenvalue weighted by atomic mass is 10.1. The van der Waals surface area contributed by atoms with Crippen molar-refractivity contribution in [2.45, 2.75) is 33.4 Å². The molecule has 3 aromatic rings. The summed E-state index contributed by atoms with van der Waals surface area (Å²) in [5.74, 6) is 0.454. The summed E-state index contributed by atoms with van der Waals surface area (Å²) in [6, 6.07) is 8.85. The molecule has 0 unspecified atom stereocenters. The number of rotatable bonds is 9. The summed E-state index contributed by atoms with van der Waals surface area (Å²) in [4.78, 5) is 17.7. The zero-order valence-electron chi connectivity index (χ0n) is 20.5. The number of nitrogens with one attached hydrogen (secondary N) is 2. The summed E-state index contributed by atoms with van der Waals surface area (Å²) in [5, 5.41) is 10.3. The van der Waals surface area contributed by atoms with Crippen LogP contribution in [0, 0.1) is 12.7 Å². The van der Waals surface area contributed by atoms with Crippen molar-refractivity contribution < 1.29 is 23.4 Å². The first-order valence-corrected chi connectivity index (χ1v) is 11.1. The molecule has 2 aromatic carbocycles. The highest BCUT2D eigenvalue weighted by atomic mass is 19.1. The van der Waals surface area contributed by atoms with Crippen molar-refractivity contribution in [3.8, 4) is 17.2 Å². The SMILES string of the molecule is CCCn1cc(CN=C(NC(=O)c2cc(OC)c(OC)c(OC)c2)Nc2ccc(F)cc2)c(C)n1. The van der Waals surface area contributed by atoms with Gasteiger partial charge in [-0.3, -0.25) is 14.8 Å². The van der Waals surface area contributed by atoms with Gasteiger partial charge in [-0.1, -0.05) is 6.92 Å². The van der Waals surface area contributed by atoms with Crippen LogP contribution in [0.25, 0.3) is 0 Å². The molecule has 0 saturated heterocycles. The maximum absolute atomic E-state index is 13.4. The van der Waals surface area contributed by atoms with E-state index in [1.165, 1.54) is 33.5 Å². The summed E-state index contributed by atoms with van der Waals surface area (Å²) in [5.41, 5.74) is 2.63. The van der Waals surface area contributed by atoms with Gasteiger partial charge < -0.3 is 19.5 Å². The van der Waals surface area contributed by atoms with E-state index in [4.69, 9.17) is 14.2 Å². The highest BCUT2D eigenvalue weighted by molar-refractivity contribution is 6.10. The lowest BCUT2D eigenvalue weighted by molar-refractivity contribution is 0.0976. The Bertz CT molecular complexity index is 1170. The number of hydrogen-bond donors (Lipinski definition) is 2. The van der Waals surface area contributed by atoms with Gasteiger partial charge in [0.05, 0.1) is 33.6 Å². The van der Waals surface area contributed by atoms with Crippen LogP contribution in [0.3, 0.4) is 0 Å². The molecule has 0 saturated carbocycles. The summed E-state index contributed by atoms with van der Waals surface area (Å²) in [6.45, 7) is 5.09. The predicted octanol–water partition coefficient (Wildman–Crippen LogP) is 4.16. The zero-order valence-corrected chi connectivity index (χ0v) is 20.5. The lowest BCUT2D eigenvalue weighted by Gasteiger charge is -2.15. The van der Waals surface area contributed by atoms with E-state index in [0.717, 1.165) is 24.2 Å². The number of guanidine groups is 1. The Balaban J connectivity index is 1.89. The number of aliphatic imine (C=N–C) groups is 1. The number of ether oxygens (including phenoxy) is 3. The van der Waals surface area contributed by atoms with Gasteiger partial charge in [-0.15, -0.1) is 0 Å². The minimum atomic E-state index is -0.448. The maximum atomic E-state index is 13.4. The number of anilines is 1. The summed E-state index contributed by atoms with van der Waals surface area (Å²) in [6.07, 6.45) is 2.91. The Labute approximate surface area is 203 Å². The number of carbonyl (C=O) groups excluding carboxylic acids is 1. The second-order valence-electron chi connectivity index (χ2n) is 7.67. The van der Waals surface area contributed by atoms with Crippen LogP contribution in [-0.4, -0.2) is 43.0 Å². The Morgan fingerprint density at radius 1 is 1.09 bits per heavy atom. The molecule has 0 aliphatic carbocycles. The number of nitrogens with zero attached hydrogens (tertiary/aromatic N) is 3. The fourth-order valence-electron chi connectivity index (χ4n) is 3.39. The minimum absolute atomic E-state index is 0.193. The largest absolute Gasteiger partial charge is 0.493 e. The van der Waals surface area contributed by atoms with Gasteiger partial charge in [-0.05, 0) is 49.7 Å². The highest BCUT2D eigenvalue weighted by Crippen LogP contribution is 2.38. The topological polar surface area (TPSA) is 99.0 Å². The lowest BCUT2D eigenvalue weighted by Crippen LogP contribution is -2.36. The number of halogens is 1. The molecule has 2 N–H and O–H groups in total. The molecule has 3 rings (SSSR count). The van der Waals surface area contributed by atoms with Crippen LogP contribution in [0.15, 0.2) is 47.6 Å². The summed E-state index contributed by atoms with van der Waals surface area (Å²) < 4.78 is 31.3. The van der Waals surface area contributed by atoms with Crippen LogP contribution in [0.1, 0.15) is 35.0 Å². The van der Waals surface area contributed by atoms with E-state index in [9.17, 15) is 9.18 Å². The van der Waals surface area contributed by atoms with Crippen molar-refractivity contribution in [1.82, 2.24) is 15.1 Å². The van der Waals surface area contributed by atoms with Gasteiger partial charge in [-0.25, -0.2) is 9.38 Å². The van der Waals surface area contributed by atoms with Gasteiger partial charge in [-0.2, -0.15) is 5.10 Å². The zero-order chi connectivity index (χ0) is 25.4. The fraction of sp³-hybridized carbons (Fsp3) is 0.320. The van der Waals surface area contributed by atoms with Crippen molar-refractivity contribution >= 4 is 17.6 Å². The van der Waals surface area contributed by atoms with Crippen LogP contribution >= 0.6 is 0 Å². The van der Waals surface area contributed by atoms with Crippen molar-refractivity contribution in [3.63, 3.8) is 0 Å². The molecule has 0 aliphatic rings. The maximum Gasteiger partial charge on any atom is 0.258 e. The number of methoxy groups -OCH3 is 3. The average molecular weight is 484 g/mol. The Kier molecular flexibility index (Phi) is 8.66. The number of hydrogen-bond acceptors (Lipinski definition) is 6. The third-order valence-corrected chi connectivity index (χ3v) is 5.17. The molecule has 1 amide bonds. The molecule has 1 heterocycles. The quantitative estimate of drug-likeness (QED) is 0.350. The van der Waals surface area contributed by atoms with Gasteiger partial charge in [0.15, 0.2) is 11.5 Å². The van der Waals surface area contributed by atoms with E-state index >= 15 is 0 Å². The number of aryl methyl sites for hydroxylation is 2. The van der Waals surface area contributed by atoms with Gasteiger partial charge in [0, 0.05) is 29.6 Å². The van der Waals surface area contributed by atoms with E-state index in [0.29, 0.717) is 22.9 Å². The monoisotopic (exact) mass is 483 g/mol. The second kappa shape index (κ2) is 11.9. The predicted molar refractivity (Wildman–Crippen MR) is 132 cm³/mol. The molecule has 0 bridgehead atoms. The first kappa shape index (κ1) is 25.5. The van der Waals surface area contributed by atoms with Crippen molar-refractivity contribution in [1.29, 1.82) is 0 Å². The summed E-state index contributed by atoms with van der Waals surface area (Å²) in [7, 11) is 4.44. The number of aromatic nitrogens is 2. The third-order valence-electron chi connectivity index (χ3n) is 5.17. The fourth-order valence-corrected chi connectivity index (χ4v) is 3.39. The minimum Gasteiger partial charge on any atom is -0.493 e. The molecule has 0 spiro atoms. The van der Waals surface area contributed by atoms with E-state index in [-0.39, 0.29) is 23.9 Å². The molecule has 0 atom stereocenters. The van der Waals surface area contributed by atoms with Crippen molar-refractivity contribution in [2.75, 3.05) is 26.6 Å². The Hall–Kier alpha value is -4.08. The smallest absolute Gasteiger partial charge is 0.258 e.